The fourth-order valence-electron chi connectivity index (χ4n) is 4.03. The van der Waals surface area contributed by atoms with Crippen LogP contribution in [-0.2, 0) is 11.2 Å². The number of hydrogen-bond donors (Lipinski definition) is 0. The normalized spacial score (nSPS) is 20.1. The van der Waals surface area contributed by atoms with Crippen molar-refractivity contribution in [3.8, 4) is 11.1 Å². The number of hydrogen-bond acceptors (Lipinski definition) is 5. The summed E-state index contributed by atoms with van der Waals surface area (Å²) >= 11 is 8.07. The molecule has 3 heterocycles. The molecule has 4 rings (SSSR count). The van der Waals surface area contributed by atoms with E-state index in [1.54, 1.807) is 11.3 Å². The van der Waals surface area contributed by atoms with Crippen molar-refractivity contribution in [2.24, 2.45) is 0 Å². The van der Waals surface area contributed by atoms with E-state index in [0.717, 1.165) is 35.5 Å². The largest absolute Gasteiger partial charge is 0.372 e. The van der Waals surface area contributed by atoms with Crippen molar-refractivity contribution in [1.29, 1.82) is 0 Å². The van der Waals surface area contributed by atoms with E-state index in [1.807, 2.05) is 0 Å². The van der Waals surface area contributed by atoms with Gasteiger partial charge in [0.2, 0.25) is 5.28 Å². The molecule has 0 radical (unpaired) electrons. The molecule has 28 heavy (non-hydrogen) atoms. The van der Waals surface area contributed by atoms with Crippen molar-refractivity contribution in [2.45, 2.75) is 53.2 Å². The summed E-state index contributed by atoms with van der Waals surface area (Å²) in [7, 11) is 0. The van der Waals surface area contributed by atoms with E-state index >= 15 is 0 Å². The first kappa shape index (κ1) is 19.6. The summed E-state index contributed by atoms with van der Waals surface area (Å²) in [5.41, 5.74) is 5.08. The first-order valence-corrected chi connectivity index (χ1v) is 11.0. The van der Waals surface area contributed by atoms with Gasteiger partial charge in [-0.3, -0.25) is 0 Å². The highest BCUT2D eigenvalue weighted by atomic mass is 35.5. The first-order chi connectivity index (χ1) is 13.4. The predicted molar refractivity (Wildman–Crippen MR) is 119 cm³/mol. The smallest absolute Gasteiger partial charge is 0.225 e. The van der Waals surface area contributed by atoms with Crippen LogP contribution in [0.3, 0.4) is 0 Å². The van der Waals surface area contributed by atoms with Gasteiger partial charge in [0.15, 0.2) is 0 Å². The third-order valence-electron chi connectivity index (χ3n) is 5.41. The summed E-state index contributed by atoms with van der Waals surface area (Å²) in [6.07, 6.45) is 1.26. The Labute approximate surface area is 175 Å². The van der Waals surface area contributed by atoms with Gasteiger partial charge in [0, 0.05) is 23.5 Å². The molecule has 0 N–H and O–H groups in total. The topological polar surface area (TPSA) is 38.2 Å². The van der Waals surface area contributed by atoms with Gasteiger partial charge < -0.3 is 9.64 Å². The van der Waals surface area contributed by atoms with Crippen molar-refractivity contribution in [3.05, 3.63) is 39.5 Å². The monoisotopic (exact) mass is 415 g/mol. The lowest BCUT2D eigenvalue weighted by atomic mass is 9.98. The lowest BCUT2D eigenvalue weighted by molar-refractivity contribution is -0.00537. The highest BCUT2D eigenvalue weighted by Gasteiger charge is 2.28. The Morgan fingerprint density at radius 3 is 2.50 bits per heavy atom. The van der Waals surface area contributed by atoms with Crippen LogP contribution in [0.4, 0.5) is 5.82 Å². The first-order valence-electron chi connectivity index (χ1n) is 9.84. The molecule has 4 nitrogen and oxygen atoms in total. The standard InChI is InChI=1S/C22H26ClN3OS/c1-6-17-18(16-8-7-12(2)13(3)9-16)19-20(24-22(23)25-21(19)28-17)26-10-14(4)27-15(5)11-26/h7-9,14-15H,6,10-11H2,1-5H3. The second-order valence-electron chi connectivity index (χ2n) is 7.71. The van der Waals surface area contributed by atoms with Gasteiger partial charge in [-0.2, -0.15) is 4.98 Å². The molecular formula is C22H26ClN3OS. The van der Waals surface area contributed by atoms with Crippen LogP contribution in [0.25, 0.3) is 21.3 Å². The summed E-state index contributed by atoms with van der Waals surface area (Å²) < 4.78 is 5.93. The SMILES string of the molecule is CCc1sc2nc(Cl)nc(N3CC(C)OC(C)C3)c2c1-c1ccc(C)c(C)c1. The lowest BCUT2D eigenvalue weighted by Gasteiger charge is -2.36. The van der Waals surface area contributed by atoms with Gasteiger partial charge in [0.25, 0.3) is 0 Å². The molecule has 2 unspecified atom stereocenters. The summed E-state index contributed by atoms with van der Waals surface area (Å²) in [6, 6.07) is 6.69. The Balaban J connectivity index is 1.97. The number of thiophene rings is 1. The Bertz CT molecular complexity index is 1020. The Kier molecular flexibility index (Phi) is 5.34. The number of nitrogens with zero attached hydrogens (tertiary/aromatic N) is 3. The van der Waals surface area contributed by atoms with Crippen LogP contribution in [0, 0.1) is 13.8 Å². The molecule has 148 valence electrons. The zero-order chi connectivity index (χ0) is 20.0. The molecule has 0 spiro atoms. The molecule has 2 atom stereocenters. The maximum atomic E-state index is 6.34. The van der Waals surface area contributed by atoms with E-state index in [0.29, 0.717) is 5.28 Å². The number of aryl methyl sites for hydroxylation is 3. The van der Waals surface area contributed by atoms with Crippen LogP contribution < -0.4 is 4.90 Å². The number of halogens is 1. The predicted octanol–water partition coefficient (Wildman–Crippen LogP) is 5.80. The lowest BCUT2D eigenvalue weighted by Crippen LogP contribution is -2.46. The molecule has 1 aromatic carbocycles. The molecule has 6 heteroatoms. The third-order valence-corrected chi connectivity index (χ3v) is 6.81. The van der Waals surface area contributed by atoms with Gasteiger partial charge in [-0.25, -0.2) is 4.98 Å². The number of aromatic nitrogens is 2. The molecule has 0 bridgehead atoms. The fourth-order valence-corrected chi connectivity index (χ4v) is 5.38. The molecule has 3 aromatic rings. The number of fused-ring (bicyclic) bond motifs is 1. The molecule has 1 aliphatic rings. The Hall–Kier alpha value is -1.69. The van der Waals surface area contributed by atoms with Crippen LogP contribution >= 0.6 is 22.9 Å². The van der Waals surface area contributed by atoms with Crippen molar-refractivity contribution >= 4 is 39.0 Å². The van der Waals surface area contributed by atoms with Gasteiger partial charge in [0.1, 0.15) is 10.6 Å². The van der Waals surface area contributed by atoms with Gasteiger partial charge in [-0.15, -0.1) is 11.3 Å². The average Bonchev–Trinajstić information content (AvgIpc) is 3.00. The number of morpholine rings is 1. The molecule has 1 fully saturated rings. The molecule has 0 aliphatic carbocycles. The Morgan fingerprint density at radius 1 is 1.14 bits per heavy atom. The summed E-state index contributed by atoms with van der Waals surface area (Å²) in [5, 5.41) is 1.43. The van der Waals surface area contributed by atoms with Crippen molar-refractivity contribution < 1.29 is 4.74 Å². The van der Waals surface area contributed by atoms with E-state index in [-0.39, 0.29) is 12.2 Å². The van der Waals surface area contributed by atoms with E-state index in [2.05, 4.69) is 62.7 Å². The van der Waals surface area contributed by atoms with Crippen LogP contribution in [0.2, 0.25) is 5.28 Å². The summed E-state index contributed by atoms with van der Waals surface area (Å²) in [6.45, 7) is 12.3. The number of ether oxygens (including phenoxy) is 1. The van der Waals surface area contributed by atoms with Crippen molar-refractivity contribution in [3.63, 3.8) is 0 Å². The van der Waals surface area contributed by atoms with E-state index < -0.39 is 0 Å². The van der Waals surface area contributed by atoms with Crippen LogP contribution in [0.5, 0.6) is 0 Å². The van der Waals surface area contributed by atoms with Gasteiger partial charge >= 0.3 is 0 Å². The summed E-state index contributed by atoms with van der Waals surface area (Å²) in [4.78, 5) is 13.9. The average molecular weight is 416 g/mol. The van der Waals surface area contributed by atoms with Gasteiger partial charge in [0.05, 0.1) is 17.6 Å². The number of rotatable bonds is 3. The maximum absolute atomic E-state index is 6.34. The van der Waals surface area contributed by atoms with Crippen LogP contribution in [0.15, 0.2) is 18.2 Å². The maximum Gasteiger partial charge on any atom is 0.225 e. The van der Waals surface area contributed by atoms with Crippen molar-refractivity contribution in [1.82, 2.24) is 9.97 Å². The number of anilines is 1. The third kappa shape index (κ3) is 3.51. The quantitative estimate of drug-likeness (QED) is 0.506. The minimum Gasteiger partial charge on any atom is -0.372 e. The minimum absolute atomic E-state index is 0.155. The summed E-state index contributed by atoms with van der Waals surface area (Å²) in [5.74, 6) is 0.932. The minimum atomic E-state index is 0.155. The molecule has 0 amide bonds. The van der Waals surface area contributed by atoms with Gasteiger partial charge in [-0.1, -0.05) is 25.1 Å². The van der Waals surface area contributed by atoms with E-state index in [1.165, 1.54) is 27.1 Å². The van der Waals surface area contributed by atoms with E-state index in [4.69, 9.17) is 21.3 Å². The molecule has 1 saturated heterocycles. The zero-order valence-corrected chi connectivity index (χ0v) is 18.6. The van der Waals surface area contributed by atoms with Crippen molar-refractivity contribution in [2.75, 3.05) is 18.0 Å². The Morgan fingerprint density at radius 2 is 1.86 bits per heavy atom. The van der Waals surface area contributed by atoms with E-state index in [9.17, 15) is 0 Å². The molecule has 2 aromatic heterocycles. The second-order valence-corrected chi connectivity index (χ2v) is 9.13. The number of benzene rings is 1. The van der Waals surface area contributed by atoms with Gasteiger partial charge in [-0.05, 0) is 62.4 Å². The molecule has 1 aliphatic heterocycles. The highest BCUT2D eigenvalue weighted by Crippen LogP contribution is 2.43. The van der Waals surface area contributed by atoms with Crippen LogP contribution in [0.1, 0.15) is 36.8 Å². The zero-order valence-electron chi connectivity index (χ0n) is 17.0. The van der Waals surface area contributed by atoms with Crippen LogP contribution in [-0.4, -0.2) is 35.3 Å². The molecule has 0 saturated carbocycles. The molecular weight excluding hydrogens is 390 g/mol. The second kappa shape index (κ2) is 7.62. The highest BCUT2D eigenvalue weighted by molar-refractivity contribution is 7.19. The fraction of sp³-hybridized carbons (Fsp3) is 0.455.